The number of nitrogens with one attached hydrogen (secondary N) is 1. The second-order valence-electron chi connectivity index (χ2n) is 4.54. The third kappa shape index (κ3) is 3.12. The van der Waals surface area contributed by atoms with Gasteiger partial charge in [-0.2, -0.15) is 4.31 Å². The summed E-state index contributed by atoms with van der Waals surface area (Å²) < 4.78 is 26.9. The highest BCUT2D eigenvalue weighted by Gasteiger charge is 2.25. The second-order valence-corrected chi connectivity index (χ2v) is 7.50. The van der Waals surface area contributed by atoms with Gasteiger partial charge in [0, 0.05) is 24.1 Å². The Morgan fingerprint density at radius 3 is 2.89 bits per heavy atom. The average Bonchev–Trinajstić information content (AvgIpc) is 2.81. The van der Waals surface area contributed by atoms with Crippen LogP contribution in [0.15, 0.2) is 33.6 Å². The number of likely N-dealkylation sites (N-methyl/N-ethyl adjacent to an activating group) is 1. The standard InChI is InChI=1S/C12H17BrN2O2S/c1-15(9-11-5-3-7-14-11)18(16,17)12-6-2-4-10(13)8-12/h2,4,6,8,11,14H,3,5,7,9H2,1H3. The van der Waals surface area contributed by atoms with Gasteiger partial charge in [-0.1, -0.05) is 22.0 Å². The summed E-state index contributed by atoms with van der Waals surface area (Å²) in [4.78, 5) is 0.331. The van der Waals surface area contributed by atoms with Gasteiger partial charge in [-0.15, -0.1) is 0 Å². The maximum Gasteiger partial charge on any atom is 0.242 e. The van der Waals surface area contributed by atoms with Gasteiger partial charge < -0.3 is 5.32 Å². The average molecular weight is 333 g/mol. The van der Waals surface area contributed by atoms with Crippen molar-refractivity contribution >= 4 is 26.0 Å². The molecular weight excluding hydrogens is 316 g/mol. The Balaban J connectivity index is 2.14. The van der Waals surface area contributed by atoms with Crippen LogP contribution in [0, 0.1) is 0 Å². The van der Waals surface area contributed by atoms with Crippen molar-refractivity contribution in [2.45, 2.75) is 23.8 Å². The van der Waals surface area contributed by atoms with Crippen LogP contribution in [-0.2, 0) is 10.0 Å². The summed E-state index contributed by atoms with van der Waals surface area (Å²) in [6.07, 6.45) is 2.16. The van der Waals surface area contributed by atoms with Gasteiger partial charge in [0.25, 0.3) is 0 Å². The minimum Gasteiger partial charge on any atom is -0.313 e. The van der Waals surface area contributed by atoms with Crippen LogP contribution in [0.4, 0.5) is 0 Å². The molecule has 1 aliphatic heterocycles. The number of sulfonamides is 1. The second kappa shape index (κ2) is 5.69. The molecule has 0 aliphatic carbocycles. The lowest BCUT2D eigenvalue weighted by Gasteiger charge is -2.21. The predicted octanol–water partition coefficient (Wildman–Crippen LogP) is 1.82. The first-order chi connectivity index (χ1) is 8.50. The Hall–Kier alpha value is -0.430. The number of rotatable bonds is 4. The van der Waals surface area contributed by atoms with Crippen molar-refractivity contribution < 1.29 is 8.42 Å². The summed E-state index contributed by atoms with van der Waals surface area (Å²) in [5.74, 6) is 0. The van der Waals surface area contributed by atoms with E-state index in [4.69, 9.17) is 0 Å². The van der Waals surface area contributed by atoms with E-state index in [0.29, 0.717) is 11.4 Å². The summed E-state index contributed by atoms with van der Waals surface area (Å²) in [5.41, 5.74) is 0. The van der Waals surface area contributed by atoms with Crippen LogP contribution in [0.1, 0.15) is 12.8 Å². The predicted molar refractivity (Wildman–Crippen MR) is 75.0 cm³/mol. The van der Waals surface area contributed by atoms with Gasteiger partial charge in [0.2, 0.25) is 10.0 Å². The molecule has 1 unspecified atom stereocenters. The van der Waals surface area contributed by atoms with Crippen molar-refractivity contribution in [1.29, 1.82) is 0 Å². The molecule has 0 amide bonds. The first kappa shape index (κ1) is 14.0. The number of hydrogen-bond donors (Lipinski definition) is 1. The van der Waals surface area contributed by atoms with Gasteiger partial charge in [0.15, 0.2) is 0 Å². The molecule has 1 N–H and O–H groups in total. The zero-order valence-electron chi connectivity index (χ0n) is 10.3. The third-order valence-corrected chi connectivity index (χ3v) is 5.46. The maximum atomic E-state index is 12.3. The van der Waals surface area contributed by atoms with Crippen molar-refractivity contribution in [2.24, 2.45) is 0 Å². The van der Waals surface area contributed by atoms with Gasteiger partial charge in [0.05, 0.1) is 4.90 Å². The quantitative estimate of drug-likeness (QED) is 0.914. The van der Waals surface area contributed by atoms with Gasteiger partial charge in [-0.25, -0.2) is 8.42 Å². The van der Waals surface area contributed by atoms with E-state index < -0.39 is 10.0 Å². The molecular formula is C12H17BrN2O2S. The highest BCUT2D eigenvalue weighted by molar-refractivity contribution is 9.10. The van der Waals surface area contributed by atoms with E-state index in [0.717, 1.165) is 23.9 Å². The number of nitrogens with zero attached hydrogens (tertiary/aromatic N) is 1. The fraction of sp³-hybridized carbons (Fsp3) is 0.500. The monoisotopic (exact) mass is 332 g/mol. The molecule has 100 valence electrons. The summed E-state index contributed by atoms with van der Waals surface area (Å²) in [6, 6.07) is 7.08. The Labute approximate surface area is 117 Å². The van der Waals surface area contributed by atoms with Gasteiger partial charge in [0.1, 0.15) is 0 Å². The molecule has 0 bridgehead atoms. The molecule has 1 fully saturated rings. The molecule has 0 saturated carbocycles. The fourth-order valence-electron chi connectivity index (χ4n) is 2.13. The van der Waals surface area contributed by atoms with E-state index in [1.165, 1.54) is 4.31 Å². The molecule has 1 heterocycles. The van der Waals surface area contributed by atoms with E-state index in [2.05, 4.69) is 21.2 Å². The van der Waals surface area contributed by atoms with Gasteiger partial charge in [-0.05, 0) is 37.6 Å². The summed E-state index contributed by atoms with van der Waals surface area (Å²) in [7, 11) is -1.75. The third-order valence-electron chi connectivity index (χ3n) is 3.14. The minimum absolute atomic E-state index is 0.275. The highest BCUT2D eigenvalue weighted by Crippen LogP contribution is 2.20. The SMILES string of the molecule is CN(CC1CCCN1)S(=O)(=O)c1cccc(Br)c1. The maximum absolute atomic E-state index is 12.3. The summed E-state index contributed by atoms with van der Waals surface area (Å²) >= 11 is 3.30. The summed E-state index contributed by atoms with van der Waals surface area (Å²) in [6.45, 7) is 1.50. The van der Waals surface area contributed by atoms with Crippen molar-refractivity contribution in [1.82, 2.24) is 9.62 Å². The lowest BCUT2D eigenvalue weighted by Crippen LogP contribution is -2.38. The molecule has 0 spiro atoms. The van der Waals surface area contributed by atoms with Crippen molar-refractivity contribution in [3.8, 4) is 0 Å². The van der Waals surface area contributed by atoms with Crippen molar-refractivity contribution in [3.05, 3.63) is 28.7 Å². The smallest absolute Gasteiger partial charge is 0.242 e. The van der Waals surface area contributed by atoms with E-state index in [9.17, 15) is 8.42 Å². The van der Waals surface area contributed by atoms with Crippen molar-refractivity contribution in [3.63, 3.8) is 0 Å². The zero-order valence-corrected chi connectivity index (χ0v) is 12.7. The largest absolute Gasteiger partial charge is 0.313 e. The lowest BCUT2D eigenvalue weighted by atomic mass is 10.2. The Morgan fingerprint density at radius 2 is 2.28 bits per heavy atom. The fourth-order valence-corrected chi connectivity index (χ4v) is 3.94. The Kier molecular flexibility index (Phi) is 4.42. The number of hydrogen-bond acceptors (Lipinski definition) is 3. The number of halogens is 1. The van der Waals surface area contributed by atoms with Crippen LogP contribution in [0.5, 0.6) is 0 Å². The van der Waals surface area contributed by atoms with E-state index in [1.54, 1.807) is 25.2 Å². The Bertz CT molecular complexity index is 513. The van der Waals surface area contributed by atoms with Gasteiger partial charge >= 0.3 is 0 Å². The van der Waals surface area contributed by atoms with Gasteiger partial charge in [-0.3, -0.25) is 0 Å². The number of benzene rings is 1. The lowest BCUT2D eigenvalue weighted by molar-refractivity contribution is 0.417. The zero-order chi connectivity index (χ0) is 13.2. The Morgan fingerprint density at radius 1 is 1.50 bits per heavy atom. The topological polar surface area (TPSA) is 49.4 Å². The van der Waals surface area contributed by atoms with E-state index in [1.807, 2.05) is 6.07 Å². The first-order valence-corrected chi connectivity index (χ1v) is 8.19. The molecule has 18 heavy (non-hydrogen) atoms. The van der Waals surface area contributed by atoms with Crippen LogP contribution in [0.3, 0.4) is 0 Å². The highest BCUT2D eigenvalue weighted by atomic mass is 79.9. The van der Waals surface area contributed by atoms with Crippen LogP contribution >= 0.6 is 15.9 Å². The minimum atomic E-state index is -3.39. The molecule has 1 atom stereocenters. The molecule has 1 aromatic carbocycles. The summed E-state index contributed by atoms with van der Waals surface area (Å²) in [5, 5.41) is 3.31. The van der Waals surface area contributed by atoms with Crippen molar-refractivity contribution in [2.75, 3.05) is 20.1 Å². The molecule has 6 heteroatoms. The molecule has 0 aromatic heterocycles. The van der Waals surface area contributed by atoms with Crippen LogP contribution in [0.25, 0.3) is 0 Å². The molecule has 2 rings (SSSR count). The molecule has 1 aliphatic rings. The van der Waals surface area contributed by atoms with Crippen LogP contribution < -0.4 is 5.32 Å². The molecule has 4 nitrogen and oxygen atoms in total. The molecule has 1 saturated heterocycles. The van der Waals surface area contributed by atoms with Crippen LogP contribution in [0.2, 0.25) is 0 Å². The van der Waals surface area contributed by atoms with Crippen LogP contribution in [-0.4, -0.2) is 38.9 Å². The molecule has 0 radical (unpaired) electrons. The first-order valence-electron chi connectivity index (χ1n) is 5.95. The normalized spacial score (nSPS) is 20.5. The van der Waals surface area contributed by atoms with E-state index >= 15 is 0 Å². The molecule has 1 aromatic rings. The van der Waals surface area contributed by atoms with E-state index in [-0.39, 0.29) is 6.04 Å².